The van der Waals surface area contributed by atoms with Crippen LogP contribution in [0.15, 0.2) is 24.3 Å². The molecule has 2 unspecified atom stereocenters. The second-order valence-electron chi connectivity index (χ2n) is 9.04. The van der Waals surface area contributed by atoms with Crippen LogP contribution in [0.4, 0.5) is 5.69 Å². The predicted octanol–water partition coefficient (Wildman–Crippen LogP) is 3.14. The summed E-state index contributed by atoms with van der Waals surface area (Å²) in [6.45, 7) is 6.99. The van der Waals surface area contributed by atoms with E-state index in [-0.39, 0.29) is 22.7 Å². The van der Waals surface area contributed by atoms with Crippen LogP contribution < -0.4 is 4.90 Å². The van der Waals surface area contributed by atoms with Crippen molar-refractivity contribution in [3.05, 3.63) is 52.6 Å². The van der Waals surface area contributed by atoms with Gasteiger partial charge in [-0.1, -0.05) is 39.0 Å². The Kier molecular flexibility index (Phi) is 3.33. The van der Waals surface area contributed by atoms with Gasteiger partial charge >= 0.3 is 0 Å². The summed E-state index contributed by atoms with van der Waals surface area (Å²) in [6, 6.07) is 12.0. The molecule has 1 fully saturated rings. The van der Waals surface area contributed by atoms with Crippen LogP contribution in [0.1, 0.15) is 62.0 Å². The smallest absolute Gasteiger partial charge is 0.239 e. The van der Waals surface area contributed by atoms with Crippen LogP contribution >= 0.6 is 0 Å². The second kappa shape index (κ2) is 5.42. The first kappa shape index (κ1) is 17.8. The minimum Gasteiger partial charge on any atom is -0.311 e. The highest BCUT2D eigenvalue weighted by Gasteiger charge is 2.74. The molecule has 6 nitrogen and oxygen atoms in total. The summed E-state index contributed by atoms with van der Waals surface area (Å²) in [7, 11) is 0. The van der Waals surface area contributed by atoms with E-state index in [0.29, 0.717) is 24.4 Å². The maximum Gasteiger partial charge on any atom is 0.239 e. The Hall–Kier alpha value is -3.25. The molecule has 1 aliphatic heterocycles. The molecule has 29 heavy (non-hydrogen) atoms. The van der Waals surface area contributed by atoms with E-state index in [0.717, 1.165) is 18.5 Å². The van der Waals surface area contributed by atoms with E-state index >= 15 is 0 Å². The van der Waals surface area contributed by atoms with Crippen molar-refractivity contribution >= 4 is 11.6 Å². The lowest BCUT2D eigenvalue weighted by molar-refractivity contribution is -0.127. The summed E-state index contributed by atoms with van der Waals surface area (Å²) in [6.07, 6.45) is 2.32. The first-order valence-corrected chi connectivity index (χ1v) is 9.95. The Morgan fingerprint density at radius 2 is 1.69 bits per heavy atom. The average Bonchev–Trinajstić information content (AvgIpc) is 3.29. The fourth-order valence-electron chi connectivity index (χ4n) is 5.89. The number of para-hydroxylation sites is 1. The van der Waals surface area contributed by atoms with Crippen molar-refractivity contribution in [2.24, 2.45) is 5.41 Å². The van der Waals surface area contributed by atoms with Crippen LogP contribution in [0.3, 0.4) is 0 Å². The zero-order valence-corrected chi connectivity index (χ0v) is 16.8. The quantitative estimate of drug-likeness (QED) is 0.754. The van der Waals surface area contributed by atoms with Crippen molar-refractivity contribution in [1.82, 2.24) is 9.97 Å². The molecule has 5 rings (SSSR count). The van der Waals surface area contributed by atoms with Gasteiger partial charge in [0.2, 0.25) is 5.91 Å². The van der Waals surface area contributed by atoms with Gasteiger partial charge < -0.3 is 4.90 Å². The number of nitrogens with zero attached hydrogens (tertiary/aromatic N) is 5. The lowest BCUT2D eigenvalue weighted by Crippen LogP contribution is -2.52. The normalized spacial score (nSPS) is 27.8. The number of nitriles is 2. The number of carbonyl (C=O) groups is 1. The van der Waals surface area contributed by atoms with E-state index in [9.17, 15) is 15.3 Å². The Morgan fingerprint density at radius 1 is 1.03 bits per heavy atom. The fourth-order valence-corrected chi connectivity index (χ4v) is 5.89. The zero-order valence-electron chi connectivity index (χ0n) is 16.8. The lowest BCUT2D eigenvalue weighted by Gasteiger charge is -2.41. The van der Waals surface area contributed by atoms with Crippen LogP contribution in [-0.2, 0) is 22.0 Å². The molecule has 6 heteroatoms. The Bertz CT molecular complexity index is 1170. The maximum atomic E-state index is 14.2. The molecule has 1 saturated carbocycles. The summed E-state index contributed by atoms with van der Waals surface area (Å²) < 4.78 is 0. The second-order valence-corrected chi connectivity index (χ2v) is 9.04. The number of carbonyl (C=O) groups excluding carboxylic acids is 1. The van der Waals surface area contributed by atoms with Gasteiger partial charge in [0.25, 0.3) is 0 Å². The number of aromatic nitrogens is 2. The molecule has 2 atom stereocenters. The number of benzene rings is 1. The Labute approximate surface area is 169 Å². The lowest BCUT2D eigenvalue weighted by atomic mass is 9.63. The van der Waals surface area contributed by atoms with Gasteiger partial charge in [-0.05, 0) is 36.3 Å². The minimum atomic E-state index is -0.846. The van der Waals surface area contributed by atoms with Crippen LogP contribution in [0.25, 0.3) is 0 Å². The van der Waals surface area contributed by atoms with E-state index in [4.69, 9.17) is 0 Å². The largest absolute Gasteiger partial charge is 0.311 e. The first-order valence-electron chi connectivity index (χ1n) is 9.95. The molecule has 2 bridgehead atoms. The molecular weight excluding hydrogens is 362 g/mol. The van der Waals surface area contributed by atoms with Gasteiger partial charge in [-0.25, -0.2) is 9.97 Å². The van der Waals surface area contributed by atoms with Crippen LogP contribution in [0, 0.1) is 28.1 Å². The molecule has 1 aromatic carbocycles. The van der Waals surface area contributed by atoms with Gasteiger partial charge in [-0.3, -0.25) is 4.79 Å². The number of hydrogen-bond donors (Lipinski definition) is 0. The highest BCUT2D eigenvalue weighted by molar-refractivity contribution is 6.04. The average molecular weight is 383 g/mol. The van der Waals surface area contributed by atoms with E-state index in [2.05, 4.69) is 36.8 Å². The van der Waals surface area contributed by atoms with E-state index in [1.165, 1.54) is 5.56 Å². The standard InChI is InChI=1S/C23H21N5O/c1-21(2)22(3)9-10-23(21,19-18(22)26-15(12-24)16(13-25)27-19)20(29)28-11-8-14-6-4-5-7-17(14)28/h4-7H,8-11H2,1-3H3. The molecule has 1 aromatic heterocycles. The Balaban J connectivity index is 1.75. The minimum absolute atomic E-state index is 0.00666. The molecule has 3 aliphatic rings. The van der Waals surface area contributed by atoms with Crippen LogP contribution in [0.5, 0.6) is 0 Å². The third kappa shape index (κ3) is 1.83. The summed E-state index contributed by atoms with van der Waals surface area (Å²) in [5, 5.41) is 19.0. The third-order valence-corrected chi connectivity index (χ3v) is 7.98. The van der Waals surface area contributed by atoms with Crippen molar-refractivity contribution < 1.29 is 4.79 Å². The number of hydrogen-bond acceptors (Lipinski definition) is 5. The first-order chi connectivity index (χ1) is 13.8. The molecule has 0 N–H and O–H groups in total. The van der Waals surface area contributed by atoms with Gasteiger partial charge in [-0.15, -0.1) is 0 Å². The number of anilines is 1. The number of rotatable bonds is 1. The fraction of sp³-hybridized carbons (Fsp3) is 0.435. The third-order valence-electron chi connectivity index (χ3n) is 7.98. The van der Waals surface area contributed by atoms with E-state index < -0.39 is 10.8 Å². The van der Waals surface area contributed by atoms with Gasteiger partial charge in [0.05, 0.1) is 16.8 Å². The molecule has 1 amide bonds. The van der Waals surface area contributed by atoms with Crippen LogP contribution in [-0.4, -0.2) is 22.4 Å². The van der Waals surface area contributed by atoms with Crippen molar-refractivity contribution in [1.29, 1.82) is 10.5 Å². The van der Waals surface area contributed by atoms with E-state index in [1.807, 2.05) is 35.2 Å². The topological polar surface area (TPSA) is 93.7 Å². The van der Waals surface area contributed by atoms with Gasteiger partial charge in [0.1, 0.15) is 12.1 Å². The van der Waals surface area contributed by atoms with Gasteiger partial charge in [-0.2, -0.15) is 10.5 Å². The Morgan fingerprint density at radius 3 is 2.38 bits per heavy atom. The summed E-state index contributed by atoms with van der Waals surface area (Å²) in [5.41, 5.74) is 1.86. The number of amides is 1. The van der Waals surface area contributed by atoms with Gasteiger partial charge in [0.15, 0.2) is 11.4 Å². The van der Waals surface area contributed by atoms with Crippen molar-refractivity contribution in [2.45, 2.75) is 50.9 Å². The van der Waals surface area contributed by atoms with Crippen molar-refractivity contribution in [2.75, 3.05) is 11.4 Å². The highest BCUT2D eigenvalue weighted by Crippen LogP contribution is 2.70. The zero-order chi connectivity index (χ0) is 20.6. The molecule has 2 aliphatic carbocycles. The van der Waals surface area contributed by atoms with Crippen LogP contribution in [0.2, 0.25) is 0 Å². The highest BCUT2D eigenvalue weighted by atomic mass is 16.2. The molecular formula is C23H21N5O. The maximum absolute atomic E-state index is 14.2. The molecule has 0 spiro atoms. The SMILES string of the molecule is CC12CCC(C(=O)N3CCc4ccccc43)(c3nc(C#N)c(C#N)nc31)C2(C)C. The van der Waals surface area contributed by atoms with Crippen molar-refractivity contribution in [3.63, 3.8) is 0 Å². The molecule has 2 aromatic rings. The van der Waals surface area contributed by atoms with Gasteiger partial charge in [0, 0.05) is 17.6 Å². The predicted molar refractivity (Wildman–Crippen MR) is 106 cm³/mol. The summed E-state index contributed by atoms with van der Waals surface area (Å²) >= 11 is 0. The van der Waals surface area contributed by atoms with Crippen molar-refractivity contribution in [3.8, 4) is 12.1 Å². The molecule has 0 saturated heterocycles. The summed E-state index contributed by atoms with van der Waals surface area (Å²) in [5.74, 6) is 0.0397. The van der Waals surface area contributed by atoms with E-state index in [1.54, 1.807) is 0 Å². The summed E-state index contributed by atoms with van der Waals surface area (Å²) in [4.78, 5) is 25.2. The molecule has 0 radical (unpaired) electrons. The molecule has 144 valence electrons. The monoisotopic (exact) mass is 383 g/mol. The molecule has 2 heterocycles. The number of fused-ring (bicyclic) bond motifs is 6.